The summed E-state index contributed by atoms with van der Waals surface area (Å²) in [4.78, 5) is 31.4. The lowest BCUT2D eigenvalue weighted by Gasteiger charge is -2.35. The molecule has 6 heteroatoms. The molecular formula is C22H20ClN3O2. The van der Waals surface area contributed by atoms with E-state index in [-0.39, 0.29) is 5.91 Å². The average molecular weight is 394 g/mol. The molecule has 0 saturated carbocycles. The highest BCUT2D eigenvalue weighted by Gasteiger charge is 2.34. The van der Waals surface area contributed by atoms with Gasteiger partial charge in [0.05, 0.1) is 6.04 Å². The first-order chi connectivity index (χ1) is 13.5. The van der Waals surface area contributed by atoms with Gasteiger partial charge in [-0.05, 0) is 54.4 Å². The molecule has 3 aromatic rings. The fraction of sp³-hybridized carbons (Fsp3) is 0.136. The number of carbonyl (C=O) groups is 2. The molecule has 2 unspecified atom stereocenters. The van der Waals surface area contributed by atoms with Gasteiger partial charge in [-0.3, -0.25) is 14.6 Å². The molecule has 1 heterocycles. The first kappa shape index (κ1) is 19.6. The molecule has 2 amide bonds. The molecule has 0 saturated heterocycles. The van der Waals surface area contributed by atoms with Crippen LogP contribution in [0.3, 0.4) is 0 Å². The van der Waals surface area contributed by atoms with Crippen molar-refractivity contribution in [1.29, 1.82) is 0 Å². The molecule has 0 bridgehead atoms. The van der Waals surface area contributed by atoms with E-state index in [1.165, 1.54) is 4.90 Å². The summed E-state index contributed by atoms with van der Waals surface area (Å²) in [5.74, 6) is -0.918. The first-order valence-electron chi connectivity index (χ1n) is 8.81. The average Bonchev–Trinajstić information content (AvgIpc) is 2.72. The number of rotatable bonds is 6. The molecule has 0 aliphatic carbocycles. The number of benzene rings is 2. The van der Waals surface area contributed by atoms with Crippen LogP contribution in [0.5, 0.6) is 0 Å². The van der Waals surface area contributed by atoms with Crippen molar-refractivity contribution in [2.75, 3.05) is 0 Å². The Morgan fingerprint density at radius 2 is 1.64 bits per heavy atom. The molecule has 2 aromatic carbocycles. The van der Waals surface area contributed by atoms with Crippen LogP contribution in [0.15, 0.2) is 79.1 Å². The molecule has 142 valence electrons. The minimum absolute atomic E-state index is 0.298. The standard InChI is InChI=1S/C22H20ClN3O2/c1-15(18-8-5-9-19(23)14-18)26(22(28)17-6-3-2-4-7-17)20(21(24)27)16-10-12-25-13-11-16/h2-15,20H,1H3,(H2,24,27). The maximum atomic E-state index is 13.4. The Bertz CT molecular complexity index is 964. The summed E-state index contributed by atoms with van der Waals surface area (Å²) >= 11 is 6.15. The Balaban J connectivity index is 2.12. The van der Waals surface area contributed by atoms with Gasteiger partial charge in [0.15, 0.2) is 0 Å². The van der Waals surface area contributed by atoms with Crippen molar-refractivity contribution in [2.45, 2.75) is 19.0 Å². The van der Waals surface area contributed by atoms with Gasteiger partial charge in [-0.1, -0.05) is 41.9 Å². The molecule has 28 heavy (non-hydrogen) atoms. The van der Waals surface area contributed by atoms with Crippen molar-refractivity contribution >= 4 is 23.4 Å². The van der Waals surface area contributed by atoms with E-state index in [1.54, 1.807) is 60.9 Å². The number of halogens is 1. The number of amides is 2. The molecule has 0 spiro atoms. The van der Waals surface area contributed by atoms with Gasteiger partial charge in [0.1, 0.15) is 6.04 Å². The van der Waals surface area contributed by atoms with E-state index in [0.717, 1.165) is 5.56 Å². The Morgan fingerprint density at radius 3 is 2.25 bits per heavy atom. The second kappa shape index (κ2) is 8.67. The van der Waals surface area contributed by atoms with Crippen LogP contribution in [0.2, 0.25) is 5.02 Å². The summed E-state index contributed by atoms with van der Waals surface area (Å²) in [7, 11) is 0. The third-order valence-corrected chi connectivity index (χ3v) is 4.81. The van der Waals surface area contributed by atoms with E-state index in [1.807, 2.05) is 25.1 Å². The Morgan fingerprint density at radius 1 is 0.964 bits per heavy atom. The van der Waals surface area contributed by atoms with Crippen LogP contribution in [-0.4, -0.2) is 21.7 Å². The zero-order chi connectivity index (χ0) is 20.1. The predicted molar refractivity (Wildman–Crippen MR) is 109 cm³/mol. The Hall–Kier alpha value is -3.18. The molecule has 0 fully saturated rings. The van der Waals surface area contributed by atoms with E-state index in [0.29, 0.717) is 16.1 Å². The van der Waals surface area contributed by atoms with E-state index in [9.17, 15) is 9.59 Å². The highest BCUT2D eigenvalue weighted by atomic mass is 35.5. The molecule has 3 rings (SSSR count). The first-order valence-corrected chi connectivity index (χ1v) is 9.19. The summed E-state index contributed by atoms with van der Waals surface area (Å²) in [5, 5.41) is 0.552. The van der Waals surface area contributed by atoms with Crippen LogP contribution >= 0.6 is 11.6 Å². The van der Waals surface area contributed by atoms with E-state index >= 15 is 0 Å². The SMILES string of the molecule is CC(c1cccc(Cl)c1)N(C(=O)c1ccccc1)C(C(N)=O)c1ccncc1. The van der Waals surface area contributed by atoms with Gasteiger partial charge in [0.25, 0.3) is 5.91 Å². The fourth-order valence-corrected chi connectivity index (χ4v) is 3.38. The summed E-state index contributed by atoms with van der Waals surface area (Å²) in [6.07, 6.45) is 3.14. The van der Waals surface area contributed by atoms with Crippen molar-refractivity contribution < 1.29 is 9.59 Å². The van der Waals surface area contributed by atoms with E-state index in [4.69, 9.17) is 17.3 Å². The lowest BCUT2D eigenvalue weighted by molar-refractivity contribution is -0.123. The normalized spacial score (nSPS) is 12.8. The van der Waals surface area contributed by atoms with Crippen molar-refractivity contribution in [3.8, 4) is 0 Å². The van der Waals surface area contributed by atoms with Crippen molar-refractivity contribution in [3.05, 3.63) is 101 Å². The van der Waals surface area contributed by atoms with Gasteiger partial charge >= 0.3 is 0 Å². The molecule has 0 aliphatic heterocycles. The Kier molecular flexibility index (Phi) is 6.06. The number of pyridine rings is 1. The van der Waals surface area contributed by atoms with Crippen LogP contribution in [-0.2, 0) is 4.79 Å². The van der Waals surface area contributed by atoms with Gasteiger partial charge < -0.3 is 10.6 Å². The number of nitrogens with two attached hydrogens (primary N) is 1. The topological polar surface area (TPSA) is 76.3 Å². The van der Waals surface area contributed by atoms with Crippen LogP contribution in [0, 0.1) is 0 Å². The zero-order valence-electron chi connectivity index (χ0n) is 15.3. The molecular weight excluding hydrogens is 374 g/mol. The number of nitrogens with zero attached hydrogens (tertiary/aromatic N) is 2. The van der Waals surface area contributed by atoms with Crippen LogP contribution in [0.4, 0.5) is 0 Å². The largest absolute Gasteiger partial charge is 0.368 e. The Labute approximate surface area is 168 Å². The maximum absolute atomic E-state index is 13.4. The lowest BCUT2D eigenvalue weighted by Crippen LogP contribution is -2.43. The van der Waals surface area contributed by atoms with E-state index in [2.05, 4.69) is 4.98 Å². The minimum Gasteiger partial charge on any atom is -0.368 e. The van der Waals surface area contributed by atoms with Crippen LogP contribution in [0.25, 0.3) is 0 Å². The monoisotopic (exact) mass is 393 g/mol. The molecule has 2 atom stereocenters. The van der Waals surface area contributed by atoms with Gasteiger partial charge in [-0.2, -0.15) is 0 Å². The molecule has 1 aromatic heterocycles. The minimum atomic E-state index is -0.954. The summed E-state index contributed by atoms with van der Waals surface area (Å²) in [5.41, 5.74) is 7.62. The summed E-state index contributed by atoms with van der Waals surface area (Å²) in [6, 6.07) is 18.0. The molecule has 2 N–H and O–H groups in total. The molecule has 5 nitrogen and oxygen atoms in total. The predicted octanol–water partition coefficient (Wildman–Crippen LogP) is 4.17. The van der Waals surface area contributed by atoms with E-state index < -0.39 is 18.0 Å². The zero-order valence-corrected chi connectivity index (χ0v) is 16.1. The number of hydrogen-bond donors (Lipinski definition) is 1. The number of aromatic nitrogens is 1. The quantitative estimate of drug-likeness (QED) is 0.683. The summed E-state index contributed by atoms with van der Waals surface area (Å²) in [6.45, 7) is 1.85. The highest BCUT2D eigenvalue weighted by Crippen LogP contribution is 2.33. The van der Waals surface area contributed by atoms with Gasteiger partial charge in [0.2, 0.25) is 5.91 Å². The second-order valence-electron chi connectivity index (χ2n) is 6.39. The summed E-state index contributed by atoms with van der Waals surface area (Å²) < 4.78 is 0. The highest BCUT2D eigenvalue weighted by molar-refractivity contribution is 6.30. The van der Waals surface area contributed by atoms with Crippen LogP contribution in [0.1, 0.15) is 40.5 Å². The van der Waals surface area contributed by atoms with Gasteiger partial charge in [-0.15, -0.1) is 0 Å². The van der Waals surface area contributed by atoms with Crippen molar-refractivity contribution in [1.82, 2.24) is 9.88 Å². The maximum Gasteiger partial charge on any atom is 0.255 e. The van der Waals surface area contributed by atoms with Gasteiger partial charge in [0, 0.05) is 23.0 Å². The van der Waals surface area contributed by atoms with Gasteiger partial charge in [-0.25, -0.2) is 0 Å². The molecule has 0 radical (unpaired) electrons. The fourth-order valence-electron chi connectivity index (χ4n) is 3.18. The van der Waals surface area contributed by atoms with Crippen LogP contribution < -0.4 is 5.73 Å². The number of primary amides is 1. The lowest BCUT2D eigenvalue weighted by atomic mass is 9.98. The second-order valence-corrected chi connectivity index (χ2v) is 6.83. The third kappa shape index (κ3) is 4.21. The van der Waals surface area contributed by atoms with Crippen molar-refractivity contribution in [2.24, 2.45) is 5.73 Å². The smallest absolute Gasteiger partial charge is 0.255 e. The number of carbonyl (C=O) groups excluding carboxylic acids is 2. The molecule has 0 aliphatic rings. The van der Waals surface area contributed by atoms with Crippen molar-refractivity contribution in [3.63, 3.8) is 0 Å². The third-order valence-electron chi connectivity index (χ3n) is 4.57. The number of hydrogen-bond acceptors (Lipinski definition) is 3.